The second-order valence-electron chi connectivity index (χ2n) is 3.98. The van der Waals surface area contributed by atoms with Gasteiger partial charge in [0.05, 0.1) is 6.61 Å². The van der Waals surface area contributed by atoms with Gasteiger partial charge in [0.25, 0.3) is 0 Å². The van der Waals surface area contributed by atoms with Crippen LogP contribution in [-0.2, 0) is 11.2 Å². The smallest absolute Gasteiger partial charge is 0.166 e. The fourth-order valence-electron chi connectivity index (χ4n) is 1.56. The molecule has 1 aromatic carbocycles. The zero-order chi connectivity index (χ0) is 12.5. The van der Waals surface area contributed by atoms with Crippen molar-refractivity contribution < 1.29 is 4.74 Å². The molecule has 3 nitrogen and oxygen atoms in total. The van der Waals surface area contributed by atoms with Gasteiger partial charge >= 0.3 is 0 Å². The molecule has 0 radical (unpaired) electrons. The van der Waals surface area contributed by atoms with Crippen LogP contribution in [0.25, 0.3) is 0 Å². The number of thiocarbonyl (C=S) groups is 1. The van der Waals surface area contributed by atoms with Crippen LogP contribution in [0.1, 0.15) is 12.5 Å². The number of benzene rings is 1. The van der Waals surface area contributed by atoms with Crippen LogP contribution in [0.5, 0.6) is 0 Å². The first-order valence-corrected chi connectivity index (χ1v) is 6.20. The molecule has 1 unspecified atom stereocenters. The minimum absolute atomic E-state index is 0.319. The maximum absolute atomic E-state index is 5.18. The van der Waals surface area contributed by atoms with Gasteiger partial charge in [0.15, 0.2) is 5.11 Å². The topological polar surface area (TPSA) is 33.3 Å². The van der Waals surface area contributed by atoms with E-state index in [1.807, 2.05) is 6.07 Å². The SMILES string of the molecule is COCCNC(=S)NC(C)Cc1ccccc1. The lowest BCUT2D eigenvalue weighted by atomic mass is 10.1. The molecule has 0 fully saturated rings. The van der Waals surface area contributed by atoms with Gasteiger partial charge in [0, 0.05) is 19.7 Å². The van der Waals surface area contributed by atoms with E-state index >= 15 is 0 Å². The van der Waals surface area contributed by atoms with Crippen LogP contribution in [0.15, 0.2) is 30.3 Å². The molecule has 0 heterocycles. The molecular weight excluding hydrogens is 232 g/mol. The molecule has 0 aliphatic carbocycles. The van der Waals surface area contributed by atoms with Crippen LogP contribution in [-0.4, -0.2) is 31.4 Å². The third-order valence-electron chi connectivity index (χ3n) is 2.35. The first kappa shape index (κ1) is 13.9. The number of hydrogen-bond donors (Lipinski definition) is 2. The molecule has 0 saturated heterocycles. The van der Waals surface area contributed by atoms with E-state index in [-0.39, 0.29) is 0 Å². The Morgan fingerprint density at radius 3 is 2.71 bits per heavy atom. The second kappa shape index (κ2) is 8.03. The van der Waals surface area contributed by atoms with Crippen molar-refractivity contribution in [1.82, 2.24) is 10.6 Å². The zero-order valence-corrected chi connectivity index (χ0v) is 11.2. The molecule has 2 N–H and O–H groups in total. The summed E-state index contributed by atoms with van der Waals surface area (Å²) in [5.74, 6) is 0. The molecule has 0 amide bonds. The lowest BCUT2D eigenvalue weighted by Crippen LogP contribution is -2.42. The van der Waals surface area contributed by atoms with Gasteiger partial charge in [0.2, 0.25) is 0 Å². The Bertz CT molecular complexity index is 329. The average molecular weight is 252 g/mol. The highest BCUT2D eigenvalue weighted by atomic mass is 32.1. The van der Waals surface area contributed by atoms with Crippen molar-refractivity contribution in [2.45, 2.75) is 19.4 Å². The predicted octanol–water partition coefficient (Wildman–Crippen LogP) is 1.73. The van der Waals surface area contributed by atoms with Crippen molar-refractivity contribution in [1.29, 1.82) is 0 Å². The van der Waals surface area contributed by atoms with Gasteiger partial charge < -0.3 is 15.4 Å². The Morgan fingerprint density at radius 1 is 1.35 bits per heavy atom. The Morgan fingerprint density at radius 2 is 2.06 bits per heavy atom. The molecule has 0 aromatic heterocycles. The third kappa shape index (κ3) is 6.24. The molecule has 0 aliphatic heterocycles. The van der Waals surface area contributed by atoms with Crippen LogP contribution in [0.4, 0.5) is 0 Å². The summed E-state index contributed by atoms with van der Waals surface area (Å²) in [6, 6.07) is 10.7. The van der Waals surface area contributed by atoms with Gasteiger partial charge in [-0.05, 0) is 31.1 Å². The molecule has 4 heteroatoms. The number of nitrogens with one attached hydrogen (secondary N) is 2. The summed E-state index contributed by atoms with van der Waals surface area (Å²) in [5.41, 5.74) is 1.31. The summed E-state index contributed by atoms with van der Waals surface area (Å²) in [6.07, 6.45) is 0.965. The minimum Gasteiger partial charge on any atom is -0.383 e. The third-order valence-corrected chi connectivity index (χ3v) is 2.62. The number of rotatable bonds is 6. The van der Waals surface area contributed by atoms with E-state index in [2.05, 4.69) is 41.8 Å². The Kier molecular flexibility index (Phi) is 6.58. The summed E-state index contributed by atoms with van der Waals surface area (Å²) in [7, 11) is 1.68. The van der Waals surface area contributed by atoms with Gasteiger partial charge in [-0.15, -0.1) is 0 Å². The first-order valence-electron chi connectivity index (χ1n) is 5.79. The zero-order valence-electron chi connectivity index (χ0n) is 10.4. The van der Waals surface area contributed by atoms with Crippen molar-refractivity contribution in [3.05, 3.63) is 35.9 Å². The van der Waals surface area contributed by atoms with E-state index in [9.17, 15) is 0 Å². The molecule has 1 aromatic rings. The highest BCUT2D eigenvalue weighted by Crippen LogP contribution is 2.02. The summed E-state index contributed by atoms with van der Waals surface area (Å²) < 4.78 is 4.94. The van der Waals surface area contributed by atoms with Gasteiger partial charge in [0.1, 0.15) is 0 Å². The largest absolute Gasteiger partial charge is 0.383 e. The van der Waals surface area contributed by atoms with Crippen LogP contribution in [0, 0.1) is 0 Å². The van der Waals surface area contributed by atoms with E-state index in [4.69, 9.17) is 17.0 Å². The number of ether oxygens (including phenoxy) is 1. The van der Waals surface area contributed by atoms with Gasteiger partial charge in [-0.1, -0.05) is 30.3 Å². The molecule has 1 rings (SSSR count). The number of hydrogen-bond acceptors (Lipinski definition) is 2. The van der Waals surface area contributed by atoms with Gasteiger partial charge in [-0.25, -0.2) is 0 Å². The molecule has 0 saturated carbocycles. The van der Waals surface area contributed by atoms with Crippen molar-refractivity contribution in [3.8, 4) is 0 Å². The Labute approximate surface area is 109 Å². The minimum atomic E-state index is 0.319. The molecular formula is C13H20N2OS. The molecule has 17 heavy (non-hydrogen) atoms. The van der Waals surface area contributed by atoms with Crippen molar-refractivity contribution >= 4 is 17.3 Å². The highest BCUT2D eigenvalue weighted by Gasteiger charge is 2.04. The van der Waals surface area contributed by atoms with E-state index in [0.29, 0.717) is 17.8 Å². The van der Waals surface area contributed by atoms with Crippen LogP contribution in [0.2, 0.25) is 0 Å². The summed E-state index contributed by atoms with van der Waals surface area (Å²) in [5, 5.41) is 7.03. The lowest BCUT2D eigenvalue weighted by Gasteiger charge is -2.16. The predicted molar refractivity (Wildman–Crippen MR) is 75.2 cm³/mol. The highest BCUT2D eigenvalue weighted by molar-refractivity contribution is 7.80. The van der Waals surface area contributed by atoms with Gasteiger partial charge in [-0.3, -0.25) is 0 Å². The first-order chi connectivity index (χ1) is 8.22. The second-order valence-corrected chi connectivity index (χ2v) is 4.39. The summed E-state index contributed by atoms with van der Waals surface area (Å²) in [4.78, 5) is 0. The summed E-state index contributed by atoms with van der Waals surface area (Å²) >= 11 is 5.18. The standard InChI is InChI=1S/C13H20N2OS/c1-11(10-12-6-4-3-5-7-12)15-13(17)14-8-9-16-2/h3-7,11H,8-10H2,1-2H3,(H2,14,15,17). The van der Waals surface area contributed by atoms with Crippen molar-refractivity contribution in [3.63, 3.8) is 0 Å². The molecule has 0 bridgehead atoms. The number of methoxy groups -OCH3 is 1. The van der Waals surface area contributed by atoms with E-state index in [1.54, 1.807) is 7.11 Å². The van der Waals surface area contributed by atoms with Crippen LogP contribution < -0.4 is 10.6 Å². The fraction of sp³-hybridized carbons (Fsp3) is 0.462. The van der Waals surface area contributed by atoms with Gasteiger partial charge in [-0.2, -0.15) is 0 Å². The monoisotopic (exact) mass is 252 g/mol. The molecule has 0 spiro atoms. The van der Waals surface area contributed by atoms with Crippen molar-refractivity contribution in [2.24, 2.45) is 0 Å². The lowest BCUT2D eigenvalue weighted by molar-refractivity contribution is 0.204. The quantitative estimate of drug-likeness (QED) is 0.597. The maximum atomic E-state index is 5.18. The van der Waals surface area contributed by atoms with Crippen molar-refractivity contribution in [2.75, 3.05) is 20.3 Å². The maximum Gasteiger partial charge on any atom is 0.166 e. The molecule has 94 valence electrons. The fourth-order valence-corrected chi connectivity index (χ4v) is 1.86. The van der Waals surface area contributed by atoms with Crippen LogP contribution >= 0.6 is 12.2 Å². The molecule has 1 atom stereocenters. The Hall–Kier alpha value is -1.13. The van der Waals surface area contributed by atoms with E-state index < -0.39 is 0 Å². The normalized spacial score (nSPS) is 11.9. The van der Waals surface area contributed by atoms with E-state index in [0.717, 1.165) is 13.0 Å². The van der Waals surface area contributed by atoms with Crippen LogP contribution in [0.3, 0.4) is 0 Å². The average Bonchev–Trinajstić information content (AvgIpc) is 2.30. The summed E-state index contributed by atoms with van der Waals surface area (Å²) in [6.45, 7) is 3.52. The van der Waals surface area contributed by atoms with E-state index in [1.165, 1.54) is 5.56 Å². The molecule has 0 aliphatic rings. The Balaban J connectivity index is 2.25.